The molecule has 2 aliphatic rings. The van der Waals surface area contributed by atoms with Crippen molar-refractivity contribution in [1.82, 2.24) is 10.2 Å². The highest BCUT2D eigenvalue weighted by Gasteiger charge is 2.35. The first-order valence-electron chi connectivity index (χ1n) is 7.95. The van der Waals surface area contributed by atoms with Crippen molar-refractivity contribution in [2.75, 3.05) is 26.7 Å². The second-order valence-corrected chi connectivity index (χ2v) is 6.05. The van der Waals surface area contributed by atoms with Crippen molar-refractivity contribution < 1.29 is 4.74 Å². The molecule has 0 aromatic heterocycles. The molecule has 2 fully saturated rings. The standard InChI is InChI=1S/C17H26N2O/c1-18-10-9-14-5-7-15(8-6-14)13-19-11-12-20-17-4-2-3-16(17)19/h5-8,16-18H,2-4,9-13H2,1H3. The van der Waals surface area contributed by atoms with Crippen molar-refractivity contribution in [3.8, 4) is 0 Å². The summed E-state index contributed by atoms with van der Waals surface area (Å²) in [5.74, 6) is 0. The van der Waals surface area contributed by atoms with Gasteiger partial charge >= 0.3 is 0 Å². The molecule has 1 saturated heterocycles. The molecule has 1 aromatic carbocycles. The predicted molar refractivity (Wildman–Crippen MR) is 81.9 cm³/mol. The lowest BCUT2D eigenvalue weighted by atomic mass is 10.1. The minimum atomic E-state index is 0.499. The summed E-state index contributed by atoms with van der Waals surface area (Å²) in [6.07, 6.45) is 5.50. The maximum atomic E-state index is 5.88. The Morgan fingerprint density at radius 2 is 2.00 bits per heavy atom. The van der Waals surface area contributed by atoms with Crippen LogP contribution in [0.5, 0.6) is 0 Å². The fourth-order valence-electron chi connectivity index (χ4n) is 3.52. The van der Waals surface area contributed by atoms with Crippen LogP contribution in [0.25, 0.3) is 0 Å². The topological polar surface area (TPSA) is 24.5 Å². The minimum absolute atomic E-state index is 0.499. The maximum Gasteiger partial charge on any atom is 0.0731 e. The highest BCUT2D eigenvalue weighted by atomic mass is 16.5. The van der Waals surface area contributed by atoms with Gasteiger partial charge in [0.05, 0.1) is 12.7 Å². The van der Waals surface area contributed by atoms with Crippen LogP contribution in [0.3, 0.4) is 0 Å². The quantitative estimate of drug-likeness (QED) is 0.891. The van der Waals surface area contributed by atoms with Crippen molar-refractivity contribution in [1.29, 1.82) is 0 Å². The molecule has 3 heteroatoms. The molecule has 1 aliphatic heterocycles. The Labute approximate surface area is 122 Å². The fraction of sp³-hybridized carbons (Fsp3) is 0.647. The lowest BCUT2D eigenvalue weighted by molar-refractivity contribution is -0.0588. The van der Waals surface area contributed by atoms with Crippen LogP contribution in [-0.4, -0.2) is 43.8 Å². The molecule has 3 rings (SSSR count). The molecule has 110 valence electrons. The Hall–Kier alpha value is -0.900. The molecule has 3 nitrogen and oxygen atoms in total. The van der Waals surface area contributed by atoms with E-state index >= 15 is 0 Å². The Morgan fingerprint density at radius 3 is 2.80 bits per heavy atom. The maximum absolute atomic E-state index is 5.88. The number of hydrogen-bond donors (Lipinski definition) is 1. The summed E-state index contributed by atoms with van der Waals surface area (Å²) in [6.45, 7) is 4.12. The van der Waals surface area contributed by atoms with Crippen LogP contribution in [0.1, 0.15) is 30.4 Å². The smallest absolute Gasteiger partial charge is 0.0731 e. The van der Waals surface area contributed by atoms with E-state index in [1.54, 1.807) is 0 Å². The summed E-state index contributed by atoms with van der Waals surface area (Å²) < 4.78 is 5.88. The van der Waals surface area contributed by atoms with Crippen molar-refractivity contribution in [2.24, 2.45) is 0 Å². The van der Waals surface area contributed by atoms with Crippen LogP contribution in [0.4, 0.5) is 0 Å². The van der Waals surface area contributed by atoms with Gasteiger partial charge < -0.3 is 10.1 Å². The summed E-state index contributed by atoms with van der Waals surface area (Å²) in [7, 11) is 2.00. The normalized spacial score (nSPS) is 26.6. The molecule has 0 radical (unpaired) electrons. The average Bonchev–Trinajstić information content (AvgIpc) is 2.96. The third kappa shape index (κ3) is 3.22. The van der Waals surface area contributed by atoms with Gasteiger partial charge in [0.25, 0.3) is 0 Å². The van der Waals surface area contributed by atoms with Gasteiger partial charge in [0.15, 0.2) is 0 Å². The van der Waals surface area contributed by atoms with E-state index in [1.165, 1.54) is 30.4 Å². The van der Waals surface area contributed by atoms with Crippen LogP contribution in [0.15, 0.2) is 24.3 Å². The molecule has 1 saturated carbocycles. The van der Waals surface area contributed by atoms with Crippen molar-refractivity contribution in [2.45, 2.75) is 44.4 Å². The van der Waals surface area contributed by atoms with Gasteiger partial charge in [-0.15, -0.1) is 0 Å². The van der Waals surface area contributed by atoms with Gasteiger partial charge in [0.1, 0.15) is 0 Å². The third-order valence-electron chi connectivity index (χ3n) is 4.67. The second-order valence-electron chi connectivity index (χ2n) is 6.05. The number of morpholine rings is 1. The number of fused-ring (bicyclic) bond motifs is 1. The molecule has 2 unspecified atom stereocenters. The number of nitrogens with zero attached hydrogens (tertiary/aromatic N) is 1. The van der Waals surface area contributed by atoms with Crippen LogP contribution in [0.2, 0.25) is 0 Å². The molecule has 1 aromatic rings. The zero-order chi connectivity index (χ0) is 13.8. The number of nitrogens with one attached hydrogen (secondary N) is 1. The summed E-state index contributed by atoms with van der Waals surface area (Å²) in [5, 5.41) is 3.20. The second kappa shape index (κ2) is 6.70. The molecule has 2 atom stereocenters. The minimum Gasteiger partial charge on any atom is -0.375 e. The van der Waals surface area contributed by atoms with Gasteiger partial charge in [-0.25, -0.2) is 0 Å². The average molecular weight is 274 g/mol. The number of benzene rings is 1. The molecule has 0 amide bonds. The zero-order valence-corrected chi connectivity index (χ0v) is 12.5. The summed E-state index contributed by atoms with van der Waals surface area (Å²) in [4.78, 5) is 2.63. The van der Waals surface area contributed by atoms with Crippen LogP contribution in [0, 0.1) is 0 Å². The van der Waals surface area contributed by atoms with Gasteiger partial charge in [-0.05, 0) is 50.4 Å². The number of ether oxygens (including phenoxy) is 1. The van der Waals surface area contributed by atoms with E-state index < -0.39 is 0 Å². The van der Waals surface area contributed by atoms with E-state index in [9.17, 15) is 0 Å². The van der Waals surface area contributed by atoms with Crippen molar-refractivity contribution >= 4 is 0 Å². The Morgan fingerprint density at radius 1 is 1.20 bits per heavy atom. The van der Waals surface area contributed by atoms with Crippen LogP contribution in [-0.2, 0) is 17.7 Å². The largest absolute Gasteiger partial charge is 0.375 e. The number of hydrogen-bond acceptors (Lipinski definition) is 3. The molecular weight excluding hydrogens is 248 g/mol. The van der Waals surface area contributed by atoms with Crippen LogP contribution < -0.4 is 5.32 Å². The molecule has 1 heterocycles. The Kier molecular flexibility index (Phi) is 4.71. The highest BCUT2D eigenvalue weighted by molar-refractivity contribution is 5.23. The van der Waals surface area contributed by atoms with Crippen molar-refractivity contribution in [3.05, 3.63) is 35.4 Å². The van der Waals surface area contributed by atoms with Gasteiger partial charge in [-0.3, -0.25) is 4.90 Å². The lowest BCUT2D eigenvalue weighted by Gasteiger charge is -2.37. The van der Waals surface area contributed by atoms with E-state index in [-0.39, 0.29) is 0 Å². The molecule has 0 bridgehead atoms. The highest BCUT2D eigenvalue weighted by Crippen LogP contribution is 2.30. The summed E-state index contributed by atoms with van der Waals surface area (Å²) in [6, 6.07) is 9.81. The first-order chi connectivity index (χ1) is 9.86. The molecule has 0 spiro atoms. The monoisotopic (exact) mass is 274 g/mol. The Balaban J connectivity index is 1.59. The van der Waals surface area contributed by atoms with E-state index in [1.807, 2.05) is 7.05 Å². The summed E-state index contributed by atoms with van der Waals surface area (Å²) >= 11 is 0. The molecule has 20 heavy (non-hydrogen) atoms. The van der Waals surface area contributed by atoms with E-state index in [0.717, 1.165) is 32.7 Å². The first-order valence-corrected chi connectivity index (χ1v) is 7.95. The van der Waals surface area contributed by atoms with Crippen molar-refractivity contribution in [3.63, 3.8) is 0 Å². The SMILES string of the molecule is CNCCc1ccc(CN2CCOC3CCCC32)cc1. The lowest BCUT2D eigenvalue weighted by Crippen LogP contribution is -2.47. The van der Waals surface area contributed by atoms with E-state index in [4.69, 9.17) is 4.74 Å². The first kappa shape index (κ1) is 14.1. The molecule has 1 N–H and O–H groups in total. The van der Waals surface area contributed by atoms with Gasteiger partial charge in [-0.1, -0.05) is 24.3 Å². The van der Waals surface area contributed by atoms with Crippen LogP contribution >= 0.6 is 0 Å². The van der Waals surface area contributed by atoms with E-state index in [0.29, 0.717) is 12.1 Å². The molecule has 1 aliphatic carbocycles. The van der Waals surface area contributed by atoms with E-state index in [2.05, 4.69) is 34.5 Å². The summed E-state index contributed by atoms with van der Waals surface area (Å²) in [5.41, 5.74) is 2.86. The van der Waals surface area contributed by atoms with Gasteiger partial charge in [0.2, 0.25) is 0 Å². The fourth-order valence-corrected chi connectivity index (χ4v) is 3.52. The Bertz CT molecular complexity index is 418. The van der Waals surface area contributed by atoms with Gasteiger partial charge in [0, 0.05) is 19.1 Å². The third-order valence-corrected chi connectivity index (χ3v) is 4.67. The predicted octanol–water partition coefficient (Wildman–Crippen LogP) is 2.20. The number of likely N-dealkylation sites (N-methyl/N-ethyl adjacent to an activating group) is 1. The van der Waals surface area contributed by atoms with Gasteiger partial charge in [-0.2, -0.15) is 0 Å². The number of rotatable bonds is 5. The molecular formula is C17H26N2O. The zero-order valence-electron chi connectivity index (χ0n) is 12.5.